The predicted molar refractivity (Wildman–Crippen MR) is 88.6 cm³/mol. The average Bonchev–Trinajstić information content (AvgIpc) is 2.56. The maximum atomic E-state index is 12.0. The molecular formula is C19H17NO2. The summed E-state index contributed by atoms with van der Waals surface area (Å²) in [6, 6.07) is 20.7. The number of hydrogen-bond donors (Lipinski definition) is 1. The molecule has 3 nitrogen and oxygen atoms in total. The molecule has 0 radical (unpaired) electrons. The standard InChI is InChI=1S/C19H17NO2/c1-20-13-14-7-9-16(10-8-14)19-12-17(21)11-18(22-19)15-5-3-2-4-6-15/h2-12,20H,13H2,1H3. The summed E-state index contributed by atoms with van der Waals surface area (Å²) < 4.78 is 5.91. The molecular weight excluding hydrogens is 274 g/mol. The summed E-state index contributed by atoms with van der Waals surface area (Å²) in [6.45, 7) is 0.814. The molecule has 0 saturated carbocycles. The van der Waals surface area contributed by atoms with Gasteiger partial charge >= 0.3 is 0 Å². The minimum Gasteiger partial charge on any atom is -0.456 e. The molecule has 0 amide bonds. The van der Waals surface area contributed by atoms with Gasteiger partial charge in [0.25, 0.3) is 0 Å². The SMILES string of the molecule is CNCc1ccc(-c2cc(=O)cc(-c3ccccc3)o2)cc1. The van der Waals surface area contributed by atoms with E-state index in [1.54, 1.807) is 0 Å². The number of benzene rings is 2. The zero-order chi connectivity index (χ0) is 15.4. The predicted octanol–water partition coefficient (Wildman–Crippen LogP) is 3.69. The molecule has 0 bridgehead atoms. The number of rotatable bonds is 4. The van der Waals surface area contributed by atoms with Crippen molar-refractivity contribution in [3.63, 3.8) is 0 Å². The Morgan fingerprint density at radius 1 is 0.864 bits per heavy atom. The second kappa shape index (κ2) is 6.41. The minimum atomic E-state index is -0.0561. The summed E-state index contributed by atoms with van der Waals surface area (Å²) in [5.41, 5.74) is 2.93. The summed E-state index contributed by atoms with van der Waals surface area (Å²) in [4.78, 5) is 12.0. The molecule has 3 aromatic rings. The van der Waals surface area contributed by atoms with Gasteiger partial charge in [-0.1, -0.05) is 54.6 Å². The molecule has 0 fully saturated rings. The van der Waals surface area contributed by atoms with Crippen molar-refractivity contribution in [3.05, 3.63) is 82.5 Å². The Morgan fingerprint density at radius 3 is 2.05 bits per heavy atom. The highest BCUT2D eigenvalue weighted by molar-refractivity contribution is 5.62. The van der Waals surface area contributed by atoms with Crippen LogP contribution in [0.1, 0.15) is 5.56 Å². The Balaban J connectivity index is 2.01. The average molecular weight is 291 g/mol. The smallest absolute Gasteiger partial charge is 0.186 e. The highest BCUT2D eigenvalue weighted by Gasteiger charge is 2.07. The molecule has 110 valence electrons. The van der Waals surface area contributed by atoms with Crippen LogP contribution in [0.25, 0.3) is 22.6 Å². The first-order valence-electron chi connectivity index (χ1n) is 7.21. The summed E-state index contributed by atoms with van der Waals surface area (Å²) in [5.74, 6) is 1.17. The third-order valence-corrected chi connectivity index (χ3v) is 3.44. The Hall–Kier alpha value is -2.65. The van der Waals surface area contributed by atoms with E-state index >= 15 is 0 Å². The van der Waals surface area contributed by atoms with E-state index in [0.717, 1.165) is 17.7 Å². The highest BCUT2D eigenvalue weighted by Crippen LogP contribution is 2.24. The van der Waals surface area contributed by atoms with Crippen LogP contribution in [0, 0.1) is 0 Å². The van der Waals surface area contributed by atoms with Gasteiger partial charge < -0.3 is 9.73 Å². The number of hydrogen-bond acceptors (Lipinski definition) is 3. The Bertz CT molecular complexity index is 805. The van der Waals surface area contributed by atoms with Crippen LogP contribution in [0.15, 0.2) is 75.9 Å². The Kier molecular flexibility index (Phi) is 4.17. The quantitative estimate of drug-likeness (QED) is 0.797. The van der Waals surface area contributed by atoms with E-state index in [0.29, 0.717) is 11.5 Å². The summed E-state index contributed by atoms with van der Waals surface area (Å²) in [5, 5.41) is 3.11. The largest absolute Gasteiger partial charge is 0.456 e. The van der Waals surface area contributed by atoms with E-state index in [2.05, 4.69) is 5.32 Å². The van der Waals surface area contributed by atoms with Crippen molar-refractivity contribution in [3.8, 4) is 22.6 Å². The maximum absolute atomic E-state index is 12.0. The molecule has 0 saturated heterocycles. The first-order chi connectivity index (χ1) is 10.8. The molecule has 1 N–H and O–H groups in total. The lowest BCUT2D eigenvalue weighted by Gasteiger charge is -2.06. The summed E-state index contributed by atoms with van der Waals surface area (Å²) in [6.07, 6.45) is 0. The summed E-state index contributed by atoms with van der Waals surface area (Å²) >= 11 is 0. The minimum absolute atomic E-state index is 0.0561. The van der Waals surface area contributed by atoms with Crippen LogP contribution in [0.2, 0.25) is 0 Å². The monoisotopic (exact) mass is 291 g/mol. The molecule has 1 heterocycles. The molecule has 0 aliphatic carbocycles. The zero-order valence-corrected chi connectivity index (χ0v) is 12.4. The van der Waals surface area contributed by atoms with Crippen molar-refractivity contribution < 1.29 is 4.42 Å². The molecule has 0 aliphatic rings. The Morgan fingerprint density at radius 2 is 1.45 bits per heavy atom. The van der Waals surface area contributed by atoms with E-state index in [4.69, 9.17) is 4.42 Å². The van der Waals surface area contributed by atoms with Gasteiger partial charge in [0.05, 0.1) is 0 Å². The van der Waals surface area contributed by atoms with E-state index in [1.807, 2.05) is 61.6 Å². The van der Waals surface area contributed by atoms with Gasteiger partial charge in [0, 0.05) is 29.8 Å². The van der Waals surface area contributed by atoms with Crippen LogP contribution in [-0.2, 0) is 6.54 Å². The lowest BCUT2D eigenvalue weighted by molar-refractivity contribution is 0.580. The normalized spacial score (nSPS) is 10.6. The van der Waals surface area contributed by atoms with Gasteiger partial charge in [-0.25, -0.2) is 0 Å². The van der Waals surface area contributed by atoms with E-state index in [-0.39, 0.29) is 5.43 Å². The first-order valence-corrected chi connectivity index (χ1v) is 7.21. The van der Waals surface area contributed by atoms with Crippen molar-refractivity contribution in [1.82, 2.24) is 5.32 Å². The van der Waals surface area contributed by atoms with Crippen LogP contribution in [0.5, 0.6) is 0 Å². The Labute approximate surface area is 129 Å². The second-order valence-electron chi connectivity index (χ2n) is 5.11. The van der Waals surface area contributed by atoms with E-state index in [9.17, 15) is 4.79 Å². The first kappa shape index (κ1) is 14.3. The van der Waals surface area contributed by atoms with Gasteiger partial charge in [-0.15, -0.1) is 0 Å². The van der Waals surface area contributed by atoms with Gasteiger partial charge in [0.1, 0.15) is 11.5 Å². The van der Waals surface area contributed by atoms with Gasteiger partial charge in [-0.05, 0) is 12.6 Å². The van der Waals surface area contributed by atoms with Crippen molar-refractivity contribution >= 4 is 0 Å². The van der Waals surface area contributed by atoms with Crippen molar-refractivity contribution in [2.75, 3.05) is 7.05 Å². The van der Waals surface area contributed by atoms with Crippen LogP contribution < -0.4 is 10.7 Å². The van der Waals surface area contributed by atoms with E-state index in [1.165, 1.54) is 17.7 Å². The lowest BCUT2D eigenvalue weighted by atomic mass is 10.1. The molecule has 0 aliphatic heterocycles. The van der Waals surface area contributed by atoms with Gasteiger partial charge in [0.15, 0.2) is 5.43 Å². The zero-order valence-electron chi connectivity index (χ0n) is 12.4. The van der Waals surface area contributed by atoms with Gasteiger partial charge in [-0.2, -0.15) is 0 Å². The van der Waals surface area contributed by atoms with Crippen LogP contribution in [-0.4, -0.2) is 7.05 Å². The van der Waals surface area contributed by atoms with Gasteiger partial charge in [0.2, 0.25) is 0 Å². The van der Waals surface area contributed by atoms with Crippen LogP contribution in [0.4, 0.5) is 0 Å². The molecule has 0 unspecified atom stereocenters. The fourth-order valence-corrected chi connectivity index (χ4v) is 2.36. The third-order valence-electron chi connectivity index (χ3n) is 3.44. The maximum Gasteiger partial charge on any atom is 0.186 e. The van der Waals surface area contributed by atoms with Crippen molar-refractivity contribution in [2.24, 2.45) is 0 Å². The van der Waals surface area contributed by atoms with Crippen molar-refractivity contribution in [2.45, 2.75) is 6.54 Å². The second-order valence-corrected chi connectivity index (χ2v) is 5.11. The summed E-state index contributed by atoms with van der Waals surface area (Å²) in [7, 11) is 1.91. The molecule has 2 aromatic carbocycles. The molecule has 1 aromatic heterocycles. The highest BCUT2D eigenvalue weighted by atomic mass is 16.3. The third kappa shape index (κ3) is 3.15. The fraction of sp³-hybridized carbons (Fsp3) is 0.105. The van der Waals surface area contributed by atoms with Crippen molar-refractivity contribution in [1.29, 1.82) is 0 Å². The number of nitrogens with one attached hydrogen (secondary N) is 1. The van der Waals surface area contributed by atoms with Crippen LogP contribution >= 0.6 is 0 Å². The van der Waals surface area contributed by atoms with Crippen LogP contribution in [0.3, 0.4) is 0 Å². The molecule has 3 rings (SSSR count). The fourth-order valence-electron chi connectivity index (χ4n) is 2.36. The van der Waals surface area contributed by atoms with E-state index < -0.39 is 0 Å². The molecule has 3 heteroatoms. The molecule has 0 spiro atoms. The molecule has 22 heavy (non-hydrogen) atoms. The van der Waals surface area contributed by atoms with Gasteiger partial charge in [-0.3, -0.25) is 4.79 Å². The topological polar surface area (TPSA) is 42.2 Å². The lowest BCUT2D eigenvalue weighted by Crippen LogP contribution is -2.04. The molecule has 0 atom stereocenters.